The summed E-state index contributed by atoms with van der Waals surface area (Å²) >= 11 is 0. The number of hydrogen-bond acceptors (Lipinski definition) is 2. The number of nitrogens with zero attached hydrogens (tertiary/aromatic N) is 2. The molecule has 96 valence electrons. The molecule has 0 saturated heterocycles. The van der Waals surface area contributed by atoms with Gasteiger partial charge in [0.1, 0.15) is 5.54 Å². The molecule has 0 unspecified atom stereocenters. The predicted octanol–water partition coefficient (Wildman–Crippen LogP) is 3.11. The van der Waals surface area contributed by atoms with E-state index in [1.54, 1.807) is 4.90 Å². The number of rotatable bonds is 4. The van der Waals surface area contributed by atoms with Gasteiger partial charge in [-0.25, -0.2) is 0 Å². The molecule has 1 aliphatic rings. The lowest BCUT2D eigenvalue weighted by molar-refractivity contribution is -0.139. The number of carbonyl (C=O) groups excluding carboxylic acids is 1. The molecule has 3 nitrogen and oxygen atoms in total. The van der Waals surface area contributed by atoms with Gasteiger partial charge in [0, 0.05) is 13.0 Å². The van der Waals surface area contributed by atoms with Gasteiger partial charge in [-0.05, 0) is 25.7 Å². The van der Waals surface area contributed by atoms with Gasteiger partial charge in [-0.2, -0.15) is 5.26 Å². The van der Waals surface area contributed by atoms with Gasteiger partial charge >= 0.3 is 0 Å². The van der Waals surface area contributed by atoms with Gasteiger partial charge in [-0.3, -0.25) is 4.79 Å². The van der Waals surface area contributed by atoms with Crippen LogP contribution in [0.4, 0.5) is 0 Å². The van der Waals surface area contributed by atoms with E-state index in [9.17, 15) is 10.1 Å². The van der Waals surface area contributed by atoms with Crippen molar-refractivity contribution < 1.29 is 4.79 Å². The standard InChI is InChI=1S/C14H24N2O/c1-4-12(5-2)13(17)16(3)14(11-15)9-7-6-8-10-14/h12H,4-10H2,1-3H3. The molecule has 0 bridgehead atoms. The van der Waals surface area contributed by atoms with Gasteiger partial charge in [0.15, 0.2) is 0 Å². The molecule has 1 fully saturated rings. The van der Waals surface area contributed by atoms with Gasteiger partial charge in [-0.15, -0.1) is 0 Å². The first-order chi connectivity index (χ1) is 8.11. The molecular weight excluding hydrogens is 212 g/mol. The Hall–Kier alpha value is -1.04. The van der Waals surface area contributed by atoms with Crippen molar-refractivity contribution in [1.82, 2.24) is 4.90 Å². The molecular formula is C14H24N2O. The van der Waals surface area contributed by atoms with Crippen molar-refractivity contribution in [3.63, 3.8) is 0 Å². The summed E-state index contributed by atoms with van der Waals surface area (Å²) in [5, 5.41) is 9.44. The SMILES string of the molecule is CCC(CC)C(=O)N(C)C1(C#N)CCCCC1. The van der Waals surface area contributed by atoms with Gasteiger partial charge in [0.2, 0.25) is 5.91 Å². The third-order valence-electron chi connectivity index (χ3n) is 4.20. The minimum atomic E-state index is -0.530. The van der Waals surface area contributed by atoms with Crippen LogP contribution in [0.1, 0.15) is 58.8 Å². The van der Waals surface area contributed by atoms with Gasteiger partial charge in [0.05, 0.1) is 6.07 Å². The van der Waals surface area contributed by atoms with E-state index in [1.807, 2.05) is 20.9 Å². The fourth-order valence-electron chi connectivity index (χ4n) is 2.78. The monoisotopic (exact) mass is 236 g/mol. The first kappa shape index (κ1) is 14.0. The quantitative estimate of drug-likeness (QED) is 0.752. The fourth-order valence-corrected chi connectivity index (χ4v) is 2.78. The van der Waals surface area contributed by atoms with Crippen LogP contribution in [-0.4, -0.2) is 23.4 Å². The lowest BCUT2D eigenvalue weighted by atomic mass is 9.81. The zero-order chi connectivity index (χ0) is 12.9. The van der Waals surface area contributed by atoms with Crippen LogP contribution in [0.5, 0.6) is 0 Å². The van der Waals surface area contributed by atoms with E-state index in [2.05, 4.69) is 6.07 Å². The lowest BCUT2D eigenvalue weighted by Gasteiger charge is -2.40. The second kappa shape index (κ2) is 6.05. The maximum Gasteiger partial charge on any atom is 0.226 e. The van der Waals surface area contributed by atoms with Gasteiger partial charge in [0.25, 0.3) is 0 Å². The molecule has 1 rings (SSSR count). The van der Waals surface area contributed by atoms with Crippen molar-refractivity contribution in [2.24, 2.45) is 5.92 Å². The van der Waals surface area contributed by atoms with Gasteiger partial charge in [-0.1, -0.05) is 33.1 Å². The smallest absolute Gasteiger partial charge is 0.226 e. The summed E-state index contributed by atoms with van der Waals surface area (Å²) < 4.78 is 0. The molecule has 1 amide bonds. The van der Waals surface area contributed by atoms with Gasteiger partial charge < -0.3 is 4.90 Å². The van der Waals surface area contributed by atoms with E-state index in [4.69, 9.17) is 0 Å². The lowest BCUT2D eigenvalue weighted by Crippen LogP contribution is -2.51. The Labute approximate surface area is 105 Å². The summed E-state index contributed by atoms with van der Waals surface area (Å²) in [5.41, 5.74) is -0.530. The van der Waals surface area contributed by atoms with Crippen molar-refractivity contribution in [3.05, 3.63) is 0 Å². The molecule has 0 atom stereocenters. The molecule has 0 radical (unpaired) electrons. The zero-order valence-corrected chi connectivity index (χ0v) is 11.3. The topological polar surface area (TPSA) is 44.1 Å². The van der Waals surface area contributed by atoms with E-state index in [0.717, 1.165) is 38.5 Å². The third kappa shape index (κ3) is 2.80. The van der Waals surface area contributed by atoms with Crippen molar-refractivity contribution in [2.45, 2.75) is 64.3 Å². The van der Waals surface area contributed by atoms with Crippen LogP contribution in [-0.2, 0) is 4.79 Å². The fraction of sp³-hybridized carbons (Fsp3) is 0.857. The average Bonchev–Trinajstić information content (AvgIpc) is 2.39. The van der Waals surface area contributed by atoms with Crippen molar-refractivity contribution in [1.29, 1.82) is 5.26 Å². The van der Waals surface area contributed by atoms with Crippen LogP contribution in [0.25, 0.3) is 0 Å². The molecule has 0 aromatic carbocycles. The van der Waals surface area contributed by atoms with Crippen LogP contribution in [0, 0.1) is 17.2 Å². The van der Waals surface area contributed by atoms with Crippen molar-refractivity contribution in [2.75, 3.05) is 7.05 Å². The average molecular weight is 236 g/mol. The zero-order valence-electron chi connectivity index (χ0n) is 11.3. The van der Waals surface area contributed by atoms with Crippen LogP contribution in [0.2, 0.25) is 0 Å². The Morgan fingerprint density at radius 1 is 1.29 bits per heavy atom. The van der Waals surface area contributed by atoms with Crippen molar-refractivity contribution >= 4 is 5.91 Å². The highest BCUT2D eigenvalue weighted by molar-refractivity contribution is 5.79. The number of amides is 1. The maximum atomic E-state index is 12.3. The Bertz CT molecular complexity index is 296. The first-order valence-electron chi connectivity index (χ1n) is 6.80. The molecule has 1 aliphatic carbocycles. The molecule has 0 aromatic rings. The molecule has 3 heteroatoms. The maximum absolute atomic E-state index is 12.3. The highest BCUT2D eigenvalue weighted by Gasteiger charge is 2.39. The summed E-state index contributed by atoms with van der Waals surface area (Å²) in [6.07, 6.45) is 6.72. The molecule has 0 heterocycles. The Morgan fingerprint density at radius 3 is 2.24 bits per heavy atom. The minimum absolute atomic E-state index is 0.0761. The molecule has 17 heavy (non-hydrogen) atoms. The Kier molecular flexibility index (Phi) is 4.99. The van der Waals surface area contributed by atoms with Crippen molar-refractivity contribution in [3.8, 4) is 6.07 Å². The second-order valence-corrected chi connectivity index (χ2v) is 5.11. The van der Waals surface area contributed by atoms with E-state index in [0.29, 0.717) is 0 Å². The predicted molar refractivity (Wildman–Crippen MR) is 68.3 cm³/mol. The summed E-state index contributed by atoms with van der Waals surface area (Å²) in [6, 6.07) is 2.41. The number of nitriles is 1. The summed E-state index contributed by atoms with van der Waals surface area (Å²) in [4.78, 5) is 14.1. The van der Waals surface area contributed by atoms with Crippen LogP contribution in [0.15, 0.2) is 0 Å². The largest absolute Gasteiger partial charge is 0.327 e. The van der Waals surface area contributed by atoms with E-state index in [1.165, 1.54) is 6.42 Å². The normalized spacial score (nSPS) is 18.8. The number of carbonyl (C=O) groups is 1. The third-order valence-corrected chi connectivity index (χ3v) is 4.20. The summed E-state index contributed by atoms with van der Waals surface area (Å²) in [5.74, 6) is 0.227. The minimum Gasteiger partial charge on any atom is -0.327 e. The summed E-state index contributed by atoms with van der Waals surface area (Å²) in [7, 11) is 1.81. The Morgan fingerprint density at radius 2 is 1.82 bits per heavy atom. The van der Waals surface area contributed by atoms with E-state index in [-0.39, 0.29) is 11.8 Å². The highest BCUT2D eigenvalue weighted by atomic mass is 16.2. The molecule has 0 N–H and O–H groups in total. The van der Waals surface area contributed by atoms with Crippen LogP contribution >= 0.6 is 0 Å². The Balaban J connectivity index is 2.82. The molecule has 1 saturated carbocycles. The van der Waals surface area contributed by atoms with E-state index >= 15 is 0 Å². The van der Waals surface area contributed by atoms with Crippen LogP contribution < -0.4 is 0 Å². The first-order valence-corrected chi connectivity index (χ1v) is 6.80. The molecule has 0 spiro atoms. The second-order valence-electron chi connectivity index (χ2n) is 5.11. The highest BCUT2D eigenvalue weighted by Crippen LogP contribution is 2.33. The van der Waals surface area contributed by atoms with Crippen LogP contribution in [0.3, 0.4) is 0 Å². The van der Waals surface area contributed by atoms with E-state index < -0.39 is 5.54 Å². The summed E-state index contributed by atoms with van der Waals surface area (Å²) in [6.45, 7) is 4.08. The number of hydrogen-bond donors (Lipinski definition) is 0. The molecule has 0 aromatic heterocycles. The molecule has 0 aliphatic heterocycles.